The lowest BCUT2D eigenvalue weighted by Gasteiger charge is -2.07. The molecular weight excluding hydrogens is 280 g/mol. The van der Waals surface area contributed by atoms with E-state index < -0.39 is 0 Å². The molecule has 1 aliphatic rings. The highest BCUT2D eigenvalue weighted by Gasteiger charge is 2.18. The Labute approximate surface area is 130 Å². The molecule has 0 saturated carbocycles. The summed E-state index contributed by atoms with van der Waals surface area (Å²) in [5, 5.41) is 13.7. The van der Waals surface area contributed by atoms with E-state index >= 15 is 0 Å². The third kappa shape index (κ3) is 3.77. The van der Waals surface area contributed by atoms with Crippen LogP contribution < -0.4 is 0 Å². The van der Waals surface area contributed by atoms with Crippen molar-refractivity contribution in [1.29, 1.82) is 5.26 Å². The number of hydrogen-bond donors (Lipinski definition) is 0. The molecule has 4 heteroatoms. The van der Waals surface area contributed by atoms with Crippen molar-refractivity contribution in [2.75, 3.05) is 5.75 Å². The Morgan fingerprint density at radius 1 is 1.43 bits per heavy atom. The van der Waals surface area contributed by atoms with E-state index in [1.807, 2.05) is 43.3 Å². The van der Waals surface area contributed by atoms with E-state index in [4.69, 9.17) is 4.28 Å². The predicted octanol–water partition coefficient (Wildman–Crippen LogP) is 4.66. The molecule has 108 valence electrons. The fourth-order valence-electron chi connectivity index (χ4n) is 2.12. The minimum absolute atomic E-state index is 0.657. The summed E-state index contributed by atoms with van der Waals surface area (Å²) in [4.78, 5) is 0. The first-order valence-electron chi connectivity index (χ1n) is 7.00. The molecular formula is C17H18N2OS. The molecule has 0 spiro atoms. The van der Waals surface area contributed by atoms with Crippen LogP contribution in [0.3, 0.4) is 0 Å². The van der Waals surface area contributed by atoms with Crippen LogP contribution in [0.4, 0.5) is 0 Å². The van der Waals surface area contributed by atoms with E-state index in [1.54, 1.807) is 0 Å². The highest BCUT2D eigenvalue weighted by atomic mass is 32.2. The summed E-state index contributed by atoms with van der Waals surface area (Å²) >= 11 is 1.34. The lowest BCUT2D eigenvalue weighted by molar-refractivity contribution is 0.404. The average Bonchev–Trinajstić information content (AvgIpc) is 2.95. The Bertz CT molecular complexity index is 638. The molecule has 0 aromatic heterocycles. The second kappa shape index (κ2) is 7.70. The van der Waals surface area contributed by atoms with E-state index in [0.29, 0.717) is 12.0 Å². The fraction of sp³-hybridized carbons (Fsp3) is 0.294. The van der Waals surface area contributed by atoms with Crippen LogP contribution in [0.5, 0.6) is 0 Å². The highest BCUT2D eigenvalue weighted by Crippen LogP contribution is 2.27. The molecule has 1 aromatic carbocycles. The Morgan fingerprint density at radius 2 is 2.24 bits per heavy atom. The predicted molar refractivity (Wildman–Crippen MR) is 88.7 cm³/mol. The highest BCUT2D eigenvalue weighted by molar-refractivity contribution is 7.94. The van der Waals surface area contributed by atoms with Crippen LogP contribution >= 0.6 is 12.0 Å². The summed E-state index contributed by atoms with van der Waals surface area (Å²) in [5.74, 6) is 0.909. The van der Waals surface area contributed by atoms with Gasteiger partial charge < -0.3 is 4.28 Å². The van der Waals surface area contributed by atoms with Crippen molar-refractivity contribution in [3.05, 3.63) is 53.1 Å². The summed E-state index contributed by atoms with van der Waals surface area (Å²) in [6.07, 6.45) is 5.72. The third-order valence-corrected chi connectivity index (χ3v) is 3.94. The lowest BCUT2D eigenvalue weighted by atomic mass is 9.96. The molecule has 0 saturated heterocycles. The van der Waals surface area contributed by atoms with Gasteiger partial charge in [-0.2, -0.15) is 5.26 Å². The van der Waals surface area contributed by atoms with Crippen molar-refractivity contribution in [3.8, 4) is 6.07 Å². The summed E-state index contributed by atoms with van der Waals surface area (Å²) in [7, 11) is 0. The molecule has 0 bridgehead atoms. The van der Waals surface area contributed by atoms with Gasteiger partial charge in [-0.05, 0) is 24.5 Å². The van der Waals surface area contributed by atoms with Crippen molar-refractivity contribution in [2.45, 2.75) is 26.7 Å². The molecule has 0 aliphatic heterocycles. The summed E-state index contributed by atoms with van der Waals surface area (Å²) < 4.78 is 5.27. The van der Waals surface area contributed by atoms with Gasteiger partial charge in [0.1, 0.15) is 6.07 Å². The van der Waals surface area contributed by atoms with Crippen LogP contribution in [0.25, 0.3) is 5.57 Å². The van der Waals surface area contributed by atoms with Gasteiger partial charge in [0.2, 0.25) is 0 Å². The quantitative estimate of drug-likeness (QED) is 0.343. The molecule has 0 radical (unpaired) electrons. The summed E-state index contributed by atoms with van der Waals surface area (Å²) in [5.41, 5.74) is 4.38. The van der Waals surface area contributed by atoms with E-state index in [0.717, 1.165) is 34.6 Å². The third-order valence-electron chi connectivity index (χ3n) is 3.19. The van der Waals surface area contributed by atoms with Gasteiger partial charge in [-0.15, -0.1) is 0 Å². The number of oxime groups is 1. The van der Waals surface area contributed by atoms with Crippen LogP contribution in [0.15, 0.2) is 47.1 Å². The van der Waals surface area contributed by atoms with E-state index in [1.165, 1.54) is 12.0 Å². The monoisotopic (exact) mass is 298 g/mol. The summed E-state index contributed by atoms with van der Waals surface area (Å²) in [6, 6.07) is 10.2. The SMILES string of the molecule is CCCSO/N=C1\CC=C\C1=C(\C#N)c1ccccc1C. The zero-order valence-corrected chi connectivity index (χ0v) is 13.1. The Hall–Kier alpha value is -1.99. The van der Waals surface area contributed by atoms with Gasteiger partial charge in [-0.3, -0.25) is 0 Å². The van der Waals surface area contributed by atoms with Crippen molar-refractivity contribution >= 4 is 23.3 Å². The topological polar surface area (TPSA) is 45.4 Å². The van der Waals surface area contributed by atoms with Crippen molar-refractivity contribution in [1.82, 2.24) is 0 Å². The number of nitriles is 1. The van der Waals surface area contributed by atoms with Gasteiger partial charge in [-0.25, -0.2) is 0 Å². The smallest absolute Gasteiger partial charge is 0.100 e. The standard InChI is InChI=1S/C17H18N2OS/c1-3-11-21-20-19-17-10-6-9-15(17)16(12-18)14-8-5-4-7-13(14)2/h4-9H,3,10-11H2,1-2H3/b16-15+,19-17+. The largest absolute Gasteiger partial charge is 0.322 e. The van der Waals surface area contributed by atoms with Gasteiger partial charge in [0.05, 0.1) is 23.3 Å². The molecule has 3 nitrogen and oxygen atoms in total. The Morgan fingerprint density at radius 3 is 2.95 bits per heavy atom. The minimum atomic E-state index is 0.657. The molecule has 1 aliphatic carbocycles. The van der Waals surface area contributed by atoms with Crippen LogP contribution in [-0.4, -0.2) is 11.5 Å². The van der Waals surface area contributed by atoms with E-state index in [-0.39, 0.29) is 0 Å². The maximum Gasteiger partial charge on any atom is 0.100 e. The van der Waals surface area contributed by atoms with Gasteiger partial charge in [0, 0.05) is 17.7 Å². The number of aryl methyl sites for hydroxylation is 1. The van der Waals surface area contributed by atoms with Crippen LogP contribution in [0, 0.1) is 18.3 Å². The zero-order valence-electron chi connectivity index (χ0n) is 12.3. The number of benzene rings is 1. The normalized spacial score (nSPS) is 17.9. The fourth-order valence-corrected chi connectivity index (χ4v) is 2.50. The molecule has 2 rings (SSSR count). The molecule has 1 aromatic rings. The minimum Gasteiger partial charge on any atom is -0.322 e. The Balaban J connectivity index is 2.33. The molecule has 0 N–H and O–H groups in total. The maximum absolute atomic E-state index is 9.55. The zero-order chi connectivity index (χ0) is 15.1. The second-order valence-electron chi connectivity index (χ2n) is 4.76. The van der Waals surface area contributed by atoms with Crippen molar-refractivity contribution < 1.29 is 4.28 Å². The maximum atomic E-state index is 9.55. The second-order valence-corrected chi connectivity index (χ2v) is 5.55. The first-order valence-corrected chi connectivity index (χ1v) is 7.91. The van der Waals surface area contributed by atoms with Crippen LogP contribution in [-0.2, 0) is 4.28 Å². The van der Waals surface area contributed by atoms with Gasteiger partial charge in [0.15, 0.2) is 0 Å². The molecule has 0 unspecified atom stereocenters. The molecule has 0 amide bonds. The van der Waals surface area contributed by atoms with E-state index in [9.17, 15) is 5.26 Å². The number of hydrogen-bond acceptors (Lipinski definition) is 4. The molecule has 0 heterocycles. The first-order chi connectivity index (χ1) is 10.3. The van der Waals surface area contributed by atoms with Gasteiger partial charge in [0.25, 0.3) is 0 Å². The van der Waals surface area contributed by atoms with Crippen molar-refractivity contribution in [3.63, 3.8) is 0 Å². The lowest BCUT2D eigenvalue weighted by Crippen LogP contribution is -2.00. The number of allylic oxidation sites excluding steroid dienone is 4. The molecule has 0 fully saturated rings. The van der Waals surface area contributed by atoms with Gasteiger partial charge >= 0.3 is 0 Å². The Kier molecular flexibility index (Phi) is 5.65. The average molecular weight is 298 g/mol. The first kappa shape index (κ1) is 15.4. The van der Waals surface area contributed by atoms with Crippen LogP contribution in [0.2, 0.25) is 0 Å². The molecule has 21 heavy (non-hydrogen) atoms. The van der Waals surface area contributed by atoms with E-state index in [2.05, 4.69) is 18.1 Å². The van der Waals surface area contributed by atoms with Crippen LogP contribution in [0.1, 0.15) is 30.9 Å². The molecule has 0 atom stereocenters. The number of rotatable bonds is 5. The summed E-state index contributed by atoms with van der Waals surface area (Å²) in [6.45, 7) is 4.11. The van der Waals surface area contributed by atoms with Gasteiger partial charge in [-0.1, -0.05) is 48.5 Å². The number of nitrogens with zero attached hydrogens (tertiary/aromatic N) is 2. The van der Waals surface area contributed by atoms with Crippen molar-refractivity contribution in [2.24, 2.45) is 5.16 Å².